The zero-order valence-corrected chi connectivity index (χ0v) is 15.2. The van der Waals surface area contributed by atoms with Crippen LogP contribution in [-0.2, 0) is 27.4 Å². The van der Waals surface area contributed by atoms with E-state index in [4.69, 9.17) is 14.2 Å². The molecule has 1 fully saturated rings. The summed E-state index contributed by atoms with van der Waals surface area (Å²) in [5.74, 6) is 0. The quantitative estimate of drug-likeness (QED) is 0.786. The number of likely N-dealkylation sites (tertiary alicyclic amines) is 1. The monoisotopic (exact) mass is 355 g/mol. The predicted molar refractivity (Wildman–Crippen MR) is 98.4 cm³/mol. The molecule has 1 aliphatic rings. The molecule has 5 heteroatoms. The third-order valence-electron chi connectivity index (χ3n) is 4.60. The highest BCUT2D eigenvalue weighted by Crippen LogP contribution is 2.29. The topological polar surface area (TPSA) is 48.0 Å². The van der Waals surface area contributed by atoms with E-state index in [1.54, 1.807) is 12.0 Å². The first-order chi connectivity index (χ1) is 12.7. The number of rotatable bonds is 6. The molecule has 0 radical (unpaired) electrons. The van der Waals surface area contributed by atoms with Crippen LogP contribution in [-0.4, -0.2) is 36.5 Å². The van der Waals surface area contributed by atoms with Crippen molar-refractivity contribution in [3.05, 3.63) is 71.8 Å². The highest BCUT2D eigenvalue weighted by atomic mass is 16.6. The number of hydrogen-bond acceptors (Lipinski definition) is 4. The summed E-state index contributed by atoms with van der Waals surface area (Å²) >= 11 is 0. The summed E-state index contributed by atoms with van der Waals surface area (Å²) in [6, 6.07) is 19.6. The van der Waals surface area contributed by atoms with Crippen molar-refractivity contribution in [1.82, 2.24) is 4.90 Å². The van der Waals surface area contributed by atoms with Crippen LogP contribution >= 0.6 is 0 Å². The molecule has 2 unspecified atom stereocenters. The van der Waals surface area contributed by atoms with E-state index < -0.39 is 6.23 Å². The maximum Gasteiger partial charge on any atom is 0.412 e. The fourth-order valence-corrected chi connectivity index (χ4v) is 3.27. The molecule has 138 valence electrons. The third kappa shape index (κ3) is 4.42. The largest absolute Gasteiger partial charge is 0.444 e. The Labute approximate surface area is 154 Å². The number of hydrogen-bond donors (Lipinski definition) is 0. The molecule has 26 heavy (non-hydrogen) atoms. The number of ether oxygens (including phenoxy) is 3. The molecular formula is C21H25NO4. The Morgan fingerprint density at radius 1 is 1.00 bits per heavy atom. The molecule has 0 bridgehead atoms. The summed E-state index contributed by atoms with van der Waals surface area (Å²) < 4.78 is 17.1. The summed E-state index contributed by atoms with van der Waals surface area (Å²) in [6.07, 6.45) is -0.290. The molecule has 1 aliphatic heterocycles. The third-order valence-corrected chi connectivity index (χ3v) is 4.60. The maximum absolute atomic E-state index is 12.6. The van der Waals surface area contributed by atoms with E-state index in [0.717, 1.165) is 11.1 Å². The average Bonchev–Trinajstić information content (AvgIpc) is 3.01. The van der Waals surface area contributed by atoms with Crippen molar-refractivity contribution in [1.29, 1.82) is 0 Å². The summed E-state index contributed by atoms with van der Waals surface area (Å²) in [4.78, 5) is 14.2. The van der Waals surface area contributed by atoms with Crippen LogP contribution in [0.15, 0.2) is 60.7 Å². The van der Waals surface area contributed by atoms with Crippen LogP contribution in [0.4, 0.5) is 4.79 Å². The Kier molecular flexibility index (Phi) is 6.26. The van der Waals surface area contributed by atoms with Gasteiger partial charge >= 0.3 is 6.09 Å². The van der Waals surface area contributed by atoms with Crippen molar-refractivity contribution >= 4 is 6.09 Å². The van der Waals surface area contributed by atoms with Gasteiger partial charge in [-0.25, -0.2) is 4.79 Å². The molecule has 0 aromatic heterocycles. The van der Waals surface area contributed by atoms with E-state index in [0.29, 0.717) is 13.0 Å². The van der Waals surface area contributed by atoms with Gasteiger partial charge in [0.2, 0.25) is 0 Å². The maximum atomic E-state index is 12.6. The van der Waals surface area contributed by atoms with Crippen molar-refractivity contribution in [3.8, 4) is 0 Å². The van der Waals surface area contributed by atoms with Crippen LogP contribution in [0.25, 0.3) is 0 Å². The normalized spacial score (nSPS) is 22.4. The van der Waals surface area contributed by atoms with Gasteiger partial charge in [-0.05, 0) is 24.5 Å². The van der Waals surface area contributed by atoms with Gasteiger partial charge in [0.15, 0.2) is 6.23 Å². The first kappa shape index (κ1) is 18.4. The summed E-state index contributed by atoms with van der Waals surface area (Å²) in [5, 5.41) is 0. The molecular weight excluding hydrogens is 330 g/mol. The van der Waals surface area contributed by atoms with Crippen LogP contribution in [0.3, 0.4) is 0 Å². The van der Waals surface area contributed by atoms with Crippen molar-refractivity contribution < 1.29 is 19.0 Å². The minimum absolute atomic E-state index is 0.0102. The van der Waals surface area contributed by atoms with Gasteiger partial charge < -0.3 is 14.2 Å². The molecule has 0 spiro atoms. The van der Waals surface area contributed by atoms with Crippen molar-refractivity contribution in [2.75, 3.05) is 7.11 Å². The van der Waals surface area contributed by atoms with Gasteiger partial charge in [-0.15, -0.1) is 0 Å². The summed E-state index contributed by atoms with van der Waals surface area (Å²) in [5.41, 5.74) is 2.05. The molecule has 1 amide bonds. The molecule has 1 heterocycles. The lowest BCUT2D eigenvalue weighted by Gasteiger charge is -2.28. The number of carbonyl (C=O) groups excluding carboxylic acids is 1. The number of benzene rings is 2. The van der Waals surface area contributed by atoms with Gasteiger partial charge in [-0.1, -0.05) is 60.7 Å². The summed E-state index contributed by atoms with van der Waals surface area (Å²) in [6.45, 7) is 2.72. The average molecular weight is 355 g/mol. The van der Waals surface area contributed by atoms with E-state index in [9.17, 15) is 4.79 Å². The second-order valence-electron chi connectivity index (χ2n) is 6.49. The van der Waals surface area contributed by atoms with Gasteiger partial charge in [0, 0.05) is 13.2 Å². The smallest absolute Gasteiger partial charge is 0.412 e. The molecule has 2 aromatic carbocycles. The van der Waals surface area contributed by atoms with Gasteiger partial charge in [-0.2, -0.15) is 0 Å². The molecule has 2 aromatic rings. The fraction of sp³-hybridized carbons (Fsp3) is 0.381. The zero-order chi connectivity index (χ0) is 18.4. The van der Waals surface area contributed by atoms with Gasteiger partial charge in [0.25, 0.3) is 0 Å². The highest BCUT2D eigenvalue weighted by molar-refractivity contribution is 5.69. The Morgan fingerprint density at radius 3 is 2.15 bits per heavy atom. The predicted octanol–water partition coefficient (Wildman–Crippen LogP) is 3.98. The standard InChI is InChI=1S/C21H25NO4/c1-16-13-19(25-14-17-9-5-3-6-10-17)20(24-2)22(16)21(23)26-15-18-11-7-4-8-12-18/h3-12,16,19-20H,13-15H2,1-2H3/t16-,19?,20?/m1/s1. The zero-order valence-electron chi connectivity index (χ0n) is 15.2. The van der Waals surface area contributed by atoms with Crippen molar-refractivity contribution in [2.24, 2.45) is 0 Å². The molecule has 5 nitrogen and oxygen atoms in total. The van der Waals surface area contributed by atoms with E-state index in [-0.39, 0.29) is 24.8 Å². The SMILES string of the molecule is COC1C(OCc2ccccc2)C[C@@H](C)N1C(=O)OCc1ccccc1. The molecule has 0 N–H and O–H groups in total. The Hall–Kier alpha value is -2.37. The molecule has 3 atom stereocenters. The van der Waals surface area contributed by atoms with Gasteiger partial charge in [-0.3, -0.25) is 4.90 Å². The lowest BCUT2D eigenvalue weighted by molar-refractivity contribution is -0.0942. The first-order valence-electron chi connectivity index (χ1n) is 8.86. The minimum Gasteiger partial charge on any atom is -0.444 e. The van der Waals surface area contributed by atoms with Crippen LogP contribution in [0, 0.1) is 0 Å². The molecule has 0 aliphatic carbocycles. The minimum atomic E-state index is -0.447. The lowest BCUT2D eigenvalue weighted by Crippen LogP contribution is -2.44. The first-order valence-corrected chi connectivity index (χ1v) is 8.86. The highest BCUT2D eigenvalue weighted by Gasteiger charge is 2.43. The van der Waals surface area contributed by atoms with Crippen LogP contribution in [0.5, 0.6) is 0 Å². The van der Waals surface area contributed by atoms with Crippen molar-refractivity contribution in [3.63, 3.8) is 0 Å². The Balaban J connectivity index is 1.58. The van der Waals surface area contributed by atoms with Crippen LogP contribution in [0.2, 0.25) is 0 Å². The number of nitrogens with zero attached hydrogens (tertiary/aromatic N) is 1. The molecule has 1 saturated heterocycles. The van der Waals surface area contributed by atoms with Crippen LogP contribution < -0.4 is 0 Å². The number of amides is 1. The molecule has 0 saturated carbocycles. The van der Waals surface area contributed by atoms with Crippen molar-refractivity contribution in [2.45, 2.75) is 44.9 Å². The number of carbonyl (C=O) groups is 1. The van der Waals surface area contributed by atoms with E-state index in [1.807, 2.05) is 67.6 Å². The van der Waals surface area contributed by atoms with E-state index >= 15 is 0 Å². The fourth-order valence-electron chi connectivity index (χ4n) is 3.27. The lowest BCUT2D eigenvalue weighted by atomic mass is 10.2. The van der Waals surface area contributed by atoms with Crippen LogP contribution in [0.1, 0.15) is 24.5 Å². The second-order valence-corrected chi connectivity index (χ2v) is 6.49. The summed E-state index contributed by atoms with van der Waals surface area (Å²) in [7, 11) is 1.60. The van der Waals surface area contributed by atoms with E-state index in [2.05, 4.69) is 0 Å². The Bertz CT molecular complexity index is 692. The number of methoxy groups -OCH3 is 1. The second kappa shape index (κ2) is 8.83. The van der Waals surface area contributed by atoms with Gasteiger partial charge in [0.05, 0.1) is 6.61 Å². The van der Waals surface area contributed by atoms with E-state index in [1.165, 1.54) is 0 Å². The van der Waals surface area contributed by atoms with Gasteiger partial charge in [0.1, 0.15) is 12.7 Å². The molecule has 3 rings (SSSR count). The Morgan fingerprint density at radius 2 is 1.58 bits per heavy atom.